The predicted molar refractivity (Wildman–Crippen MR) is 74.2 cm³/mol. The predicted octanol–water partition coefficient (Wildman–Crippen LogP) is 3.63. The number of rotatable bonds is 4. The molecule has 1 heterocycles. The van der Waals surface area contributed by atoms with Crippen molar-refractivity contribution in [2.75, 3.05) is 0 Å². The van der Waals surface area contributed by atoms with Crippen LogP contribution in [0.2, 0.25) is 0 Å². The summed E-state index contributed by atoms with van der Waals surface area (Å²) in [6.07, 6.45) is 0.279. The minimum absolute atomic E-state index is 0.126. The number of hydrogen-bond acceptors (Lipinski definition) is 3. The molecule has 0 bridgehead atoms. The molecule has 0 radical (unpaired) electrons. The molecule has 2 N–H and O–H groups in total. The highest BCUT2D eigenvalue weighted by Crippen LogP contribution is 2.30. The minimum Gasteiger partial charge on any atom is -0.508 e. The summed E-state index contributed by atoms with van der Waals surface area (Å²) in [5.74, 6) is -1.37. The normalized spacial score (nSPS) is 12.3. The molecular weight excluding hydrogens is 316 g/mol. The molecule has 0 aliphatic rings. The average molecular weight is 327 g/mol. The fourth-order valence-corrected chi connectivity index (χ4v) is 2.96. The van der Waals surface area contributed by atoms with Gasteiger partial charge in [0.25, 0.3) is 0 Å². The standard InChI is InChI=1S/C13H11BrO3S/c14-9-3-4-11(15)8(6-9)7-10(13(16)17)12-2-1-5-18-12/h1-6,10,15H,7H2,(H,16,17). The topological polar surface area (TPSA) is 57.5 Å². The lowest BCUT2D eigenvalue weighted by atomic mass is 9.97. The highest BCUT2D eigenvalue weighted by atomic mass is 79.9. The molecule has 1 unspecified atom stereocenters. The Labute approximate surface area is 117 Å². The Kier molecular flexibility index (Phi) is 4.04. The third kappa shape index (κ3) is 2.91. The monoisotopic (exact) mass is 326 g/mol. The third-order valence-corrected chi connectivity index (χ3v) is 4.13. The van der Waals surface area contributed by atoms with Crippen LogP contribution in [0.4, 0.5) is 0 Å². The number of carboxylic acid groups (broad SMARTS) is 1. The van der Waals surface area contributed by atoms with Gasteiger partial charge in [-0.15, -0.1) is 11.3 Å². The first-order chi connectivity index (χ1) is 8.58. The van der Waals surface area contributed by atoms with Gasteiger partial charge < -0.3 is 10.2 Å². The molecule has 0 aliphatic heterocycles. The van der Waals surface area contributed by atoms with Crippen molar-refractivity contribution in [3.05, 3.63) is 50.6 Å². The maximum atomic E-state index is 11.3. The van der Waals surface area contributed by atoms with E-state index in [1.54, 1.807) is 24.3 Å². The first-order valence-electron chi connectivity index (χ1n) is 5.31. The number of phenols is 1. The summed E-state index contributed by atoms with van der Waals surface area (Å²) in [4.78, 5) is 12.1. The van der Waals surface area contributed by atoms with E-state index >= 15 is 0 Å². The van der Waals surface area contributed by atoms with E-state index in [2.05, 4.69) is 15.9 Å². The second-order valence-electron chi connectivity index (χ2n) is 3.88. The number of carboxylic acids is 1. The molecule has 3 nitrogen and oxygen atoms in total. The van der Waals surface area contributed by atoms with Gasteiger partial charge in [0, 0.05) is 9.35 Å². The van der Waals surface area contributed by atoms with Gasteiger partial charge >= 0.3 is 5.97 Å². The van der Waals surface area contributed by atoms with Crippen LogP contribution >= 0.6 is 27.3 Å². The molecule has 0 fully saturated rings. The van der Waals surface area contributed by atoms with Gasteiger partial charge in [-0.25, -0.2) is 0 Å². The van der Waals surface area contributed by atoms with Crippen LogP contribution in [0.15, 0.2) is 40.2 Å². The summed E-state index contributed by atoms with van der Waals surface area (Å²) in [5, 5.41) is 20.9. The fraction of sp³-hybridized carbons (Fsp3) is 0.154. The quantitative estimate of drug-likeness (QED) is 0.902. The summed E-state index contributed by atoms with van der Waals surface area (Å²) < 4.78 is 0.825. The summed E-state index contributed by atoms with van der Waals surface area (Å²) in [6.45, 7) is 0. The Balaban J connectivity index is 2.30. The van der Waals surface area contributed by atoms with E-state index in [1.165, 1.54) is 11.3 Å². The van der Waals surface area contributed by atoms with E-state index in [-0.39, 0.29) is 12.2 Å². The summed E-state index contributed by atoms with van der Waals surface area (Å²) in [5.41, 5.74) is 0.630. The Hall–Kier alpha value is -1.33. The van der Waals surface area contributed by atoms with E-state index < -0.39 is 11.9 Å². The number of phenolic OH excluding ortho intramolecular Hbond substituents is 1. The van der Waals surface area contributed by atoms with E-state index in [4.69, 9.17) is 0 Å². The summed E-state index contributed by atoms with van der Waals surface area (Å²) in [6, 6.07) is 8.67. The summed E-state index contributed by atoms with van der Waals surface area (Å²) >= 11 is 4.73. The van der Waals surface area contributed by atoms with Crippen LogP contribution in [0.5, 0.6) is 5.75 Å². The van der Waals surface area contributed by atoms with Crippen LogP contribution in [0, 0.1) is 0 Å². The van der Waals surface area contributed by atoms with Crippen molar-refractivity contribution in [3.63, 3.8) is 0 Å². The SMILES string of the molecule is O=C(O)C(Cc1cc(Br)ccc1O)c1cccs1. The molecule has 2 aromatic rings. The molecule has 0 amide bonds. The Morgan fingerprint density at radius 1 is 1.39 bits per heavy atom. The lowest BCUT2D eigenvalue weighted by molar-refractivity contribution is -0.138. The zero-order valence-electron chi connectivity index (χ0n) is 9.34. The van der Waals surface area contributed by atoms with E-state index in [0.29, 0.717) is 5.56 Å². The van der Waals surface area contributed by atoms with Gasteiger partial charge in [0.05, 0.1) is 5.92 Å². The fourth-order valence-electron chi connectivity index (χ4n) is 1.74. The Morgan fingerprint density at radius 2 is 2.17 bits per heavy atom. The second kappa shape index (κ2) is 5.54. The molecule has 5 heteroatoms. The molecule has 94 valence electrons. The number of benzene rings is 1. The van der Waals surface area contributed by atoms with Crippen molar-refractivity contribution < 1.29 is 15.0 Å². The van der Waals surface area contributed by atoms with Crippen molar-refractivity contribution in [2.45, 2.75) is 12.3 Å². The van der Waals surface area contributed by atoms with Gasteiger partial charge in [0.2, 0.25) is 0 Å². The van der Waals surface area contributed by atoms with Crippen molar-refractivity contribution >= 4 is 33.2 Å². The van der Waals surface area contributed by atoms with E-state index in [9.17, 15) is 15.0 Å². The van der Waals surface area contributed by atoms with Crippen LogP contribution in [0.1, 0.15) is 16.4 Å². The number of thiophene rings is 1. The Bertz CT molecular complexity index is 551. The first kappa shape index (κ1) is 13.1. The highest BCUT2D eigenvalue weighted by molar-refractivity contribution is 9.10. The number of aliphatic carboxylic acids is 1. The molecule has 0 saturated carbocycles. The van der Waals surface area contributed by atoms with Crippen molar-refractivity contribution in [2.24, 2.45) is 0 Å². The number of aromatic hydroxyl groups is 1. The van der Waals surface area contributed by atoms with Crippen LogP contribution in [0.25, 0.3) is 0 Å². The molecule has 18 heavy (non-hydrogen) atoms. The van der Waals surface area contributed by atoms with Gasteiger partial charge in [0.1, 0.15) is 5.75 Å². The number of halogens is 1. The van der Waals surface area contributed by atoms with Gasteiger partial charge in [0.15, 0.2) is 0 Å². The lowest BCUT2D eigenvalue weighted by Crippen LogP contribution is -2.13. The molecule has 2 rings (SSSR count). The second-order valence-corrected chi connectivity index (χ2v) is 5.78. The maximum absolute atomic E-state index is 11.3. The Morgan fingerprint density at radius 3 is 2.78 bits per heavy atom. The smallest absolute Gasteiger partial charge is 0.312 e. The van der Waals surface area contributed by atoms with E-state index in [1.807, 2.05) is 11.4 Å². The van der Waals surface area contributed by atoms with Gasteiger partial charge in [-0.2, -0.15) is 0 Å². The van der Waals surface area contributed by atoms with Gasteiger partial charge in [-0.3, -0.25) is 4.79 Å². The molecular formula is C13H11BrO3S. The number of hydrogen-bond donors (Lipinski definition) is 2. The molecule has 1 aromatic heterocycles. The van der Waals surface area contributed by atoms with Crippen LogP contribution in [-0.2, 0) is 11.2 Å². The van der Waals surface area contributed by atoms with Crippen LogP contribution < -0.4 is 0 Å². The lowest BCUT2D eigenvalue weighted by Gasteiger charge is -2.12. The molecule has 0 spiro atoms. The van der Waals surface area contributed by atoms with Crippen molar-refractivity contribution in [1.82, 2.24) is 0 Å². The van der Waals surface area contributed by atoms with Crippen LogP contribution in [0.3, 0.4) is 0 Å². The van der Waals surface area contributed by atoms with E-state index in [0.717, 1.165) is 9.35 Å². The number of carbonyl (C=O) groups is 1. The largest absolute Gasteiger partial charge is 0.508 e. The van der Waals surface area contributed by atoms with Crippen molar-refractivity contribution in [1.29, 1.82) is 0 Å². The first-order valence-corrected chi connectivity index (χ1v) is 6.99. The summed E-state index contributed by atoms with van der Waals surface area (Å²) in [7, 11) is 0. The molecule has 0 saturated heterocycles. The van der Waals surface area contributed by atoms with Gasteiger partial charge in [-0.1, -0.05) is 22.0 Å². The third-order valence-electron chi connectivity index (χ3n) is 2.65. The molecule has 0 aliphatic carbocycles. The maximum Gasteiger partial charge on any atom is 0.312 e. The van der Waals surface area contributed by atoms with Crippen molar-refractivity contribution in [3.8, 4) is 5.75 Å². The molecule has 1 aromatic carbocycles. The average Bonchev–Trinajstić information content (AvgIpc) is 2.83. The highest BCUT2D eigenvalue weighted by Gasteiger charge is 2.22. The van der Waals surface area contributed by atoms with Gasteiger partial charge in [-0.05, 0) is 41.6 Å². The van der Waals surface area contributed by atoms with Crippen LogP contribution in [-0.4, -0.2) is 16.2 Å². The zero-order valence-corrected chi connectivity index (χ0v) is 11.7. The minimum atomic E-state index is -0.878. The molecule has 1 atom stereocenters. The zero-order chi connectivity index (χ0) is 13.1.